The van der Waals surface area contributed by atoms with Gasteiger partial charge in [0.15, 0.2) is 0 Å². The van der Waals surface area contributed by atoms with Crippen LogP contribution in [0.15, 0.2) is 18.2 Å². The molecule has 1 aromatic carbocycles. The Morgan fingerprint density at radius 1 is 1.39 bits per heavy atom. The Bertz CT molecular complexity index is 426. The van der Waals surface area contributed by atoms with Crippen LogP contribution in [0.1, 0.15) is 24.0 Å². The zero-order valence-electron chi connectivity index (χ0n) is 10.8. The number of carbonyl (C=O) groups is 1. The summed E-state index contributed by atoms with van der Waals surface area (Å²) in [4.78, 5) is 13.7. The van der Waals surface area contributed by atoms with Crippen molar-refractivity contribution >= 4 is 5.91 Å². The number of hydrogen-bond donors (Lipinski definition) is 2. The third-order valence-electron chi connectivity index (χ3n) is 3.37. The maximum atomic E-state index is 11.8. The molecule has 0 atom stereocenters. The molecule has 1 heterocycles. The second kappa shape index (κ2) is 5.87. The fourth-order valence-electron chi connectivity index (χ4n) is 2.24. The Labute approximate surface area is 108 Å². The van der Waals surface area contributed by atoms with Crippen molar-refractivity contribution in [3.63, 3.8) is 0 Å². The summed E-state index contributed by atoms with van der Waals surface area (Å²) in [5.41, 5.74) is 1.70. The molecule has 0 saturated carbocycles. The lowest BCUT2D eigenvalue weighted by Crippen LogP contribution is -2.35. The van der Waals surface area contributed by atoms with Crippen molar-refractivity contribution in [2.45, 2.75) is 26.3 Å². The lowest BCUT2D eigenvalue weighted by Gasteiger charge is -2.15. The Morgan fingerprint density at radius 2 is 2.11 bits per heavy atom. The molecule has 1 aliphatic rings. The second-order valence-corrected chi connectivity index (χ2v) is 4.77. The van der Waals surface area contributed by atoms with Gasteiger partial charge in [-0.05, 0) is 25.3 Å². The van der Waals surface area contributed by atoms with Gasteiger partial charge in [0, 0.05) is 25.2 Å². The number of benzene rings is 1. The summed E-state index contributed by atoms with van der Waals surface area (Å²) in [5, 5.41) is 12.9. The molecule has 1 aliphatic heterocycles. The summed E-state index contributed by atoms with van der Waals surface area (Å²) in [6.07, 6.45) is 2.23. The van der Waals surface area contributed by atoms with Gasteiger partial charge < -0.3 is 15.3 Å². The molecule has 1 fully saturated rings. The summed E-state index contributed by atoms with van der Waals surface area (Å²) in [6.45, 7) is 4.50. The molecule has 4 nitrogen and oxygen atoms in total. The molecule has 0 bridgehead atoms. The molecular weight excluding hydrogens is 228 g/mol. The van der Waals surface area contributed by atoms with E-state index in [1.165, 1.54) is 0 Å². The van der Waals surface area contributed by atoms with Gasteiger partial charge in [-0.25, -0.2) is 0 Å². The highest BCUT2D eigenvalue weighted by atomic mass is 16.3. The van der Waals surface area contributed by atoms with Crippen LogP contribution in [0.4, 0.5) is 0 Å². The van der Waals surface area contributed by atoms with Crippen LogP contribution in [0.2, 0.25) is 0 Å². The minimum Gasteiger partial charge on any atom is -0.507 e. The number of phenolic OH excluding ortho intramolecular Hbond substituents is 1. The van der Waals surface area contributed by atoms with Gasteiger partial charge in [-0.2, -0.15) is 0 Å². The van der Waals surface area contributed by atoms with E-state index >= 15 is 0 Å². The van der Waals surface area contributed by atoms with Crippen molar-refractivity contribution in [3.05, 3.63) is 29.3 Å². The zero-order chi connectivity index (χ0) is 13.0. The van der Waals surface area contributed by atoms with Gasteiger partial charge in [0.2, 0.25) is 5.91 Å². The van der Waals surface area contributed by atoms with Crippen molar-refractivity contribution in [1.82, 2.24) is 10.2 Å². The fraction of sp³-hybridized carbons (Fsp3) is 0.500. The molecule has 98 valence electrons. The summed E-state index contributed by atoms with van der Waals surface area (Å²) in [6, 6.07) is 5.65. The Morgan fingerprint density at radius 3 is 2.83 bits per heavy atom. The van der Waals surface area contributed by atoms with Crippen LogP contribution in [-0.4, -0.2) is 35.5 Å². The minimum atomic E-state index is 0.152. The lowest BCUT2D eigenvalue weighted by molar-refractivity contribution is -0.129. The van der Waals surface area contributed by atoms with Gasteiger partial charge >= 0.3 is 0 Å². The van der Waals surface area contributed by atoms with E-state index in [0.717, 1.165) is 37.1 Å². The molecule has 4 heteroatoms. The van der Waals surface area contributed by atoms with Crippen LogP contribution >= 0.6 is 0 Å². The van der Waals surface area contributed by atoms with E-state index in [2.05, 4.69) is 5.32 Å². The Hall–Kier alpha value is -1.55. The molecule has 2 rings (SSSR count). The third kappa shape index (κ3) is 3.01. The minimum absolute atomic E-state index is 0.152. The predicted molar refractivity (Wildman–Crippen MR) is 70.4 cm³/mol. The second-order valence-electron chi connectivity index (χ2n) is 4.77. The molecule has 18 heavy (non-hydrogen) atoms. The maximum Gasteiger partial charge on any atom is 0.236 e. The van der Waals surface area contributed by atoms with Gasteiger partial charge in [-0.15, -0.1) is 0 Å². The summed E-state index contributed by atoms with van der Waals surface area (Å²) in [5.74, 6) is 0.471. The number of nitrogens with one attached hydrogen (secondary N) is 1. The molecule has 1 aromatic rings. The number of aryl methyl sites for hydroxylation is 1. The van der Waals surface area contributed by atoms with Crippen LogP contribution in [-0.2, 0) is 11.3 Å². The summed E-state index contributed by atoms with van der Waals surface area (Å²) in [7, 11) is 0. The van der Waals surface area contributed by atoms with Gasteiger partial charge in [-0.1, -0.05) is 18.2 Å². The first-order valence-corrected chi connectivity index (χ1v) is 6.44. The lowest BCUT2D eigenvalue weighted by atomic mass is 10.1. The molecule has 0 aliphatic carbocycles. The normalized spacial score (nSPS) is 15.1. The average molecular weight is 248 g/mol. The van der Waals surface area contributed by atoms with Crippen molar-refractivity contribution in [1.29, 1.82) is 0 Å². The van der Waals surface area contributed by atoms with E-state index in [9.17, 15) is 9.90 Å². The van der Waals surface area contributed by atoms with Gasteiger partial charge in [0.1, 0.15) is 5.75 Å². The van der Waals surface area contributed by atoms with E-state index in [1.54, 1.807) is 0 Å². The Kier molecular flexibility index (Phi) is 4.20. The SMILES string of the molecule is Cc1cccc(CNCC(=O)N2CCCC2)c1O. The fourth-order valence-corrected chi connectivity index (χ4v) is 2.24. The average Bonchev–Trinajstić information content (AvgIpc) is 2.88. The first-order chi connectivity index (χ1) is 8.68. The number of phenols is 1. The van der Waals surface area contributed by atoms with E-state index in [0.29, 0.717) is 18.8 Å². The third-order valence-corrected chi connectivity index (χ3v) is 3.37. The predicted octanol–water partition coefficient (Wildman–Crippen LogP) is 1.41. The number of nitrogens with zero attached hydrogens (tertiary/aromatic N) is 1. The first-order valence-electron chi connectivity index (χ1n) is 6.44. The number of para-hydroxylation sites is 1. The molecule has 1 saturated heterocycles. The van der Waals surface area contributed by atoms with Crippen molar-refractivity contribution in [2.24, 2.45) is 0 Å². The molecule has 2 N–H and O–H groups in total. The summed E-state index contributed by atoms with van der Waals surface area (Å²) < 4.78 is 0. The monoisotopic (exact) mass is 248 g/mol. The standard InChI is InChI=1S/C14H20N2O2/c1-11-5-4-6-12(14(11)18)9-15-10-13(17)16-7-2-3-8-16/h4-6,15,18H,2-3,7-10H2,1H3. The van der Waals surface area contributed by atoms with Crippen molar-refractivity contribution in [3.8, 4) is 5.75 Å². The molecule has 0 aromatic heterocycles. The Balaban J connectivity index is 1.81. The van der Waals surface area contributed by atoms with Gasteiger partial charge in [0.05, 0.1) is 6.54 Å². The van der Waals surface area contributed by atoms with E-state index in [4.69, 9.17) is 0 Å². The van der Waals surface area contributed by atoms with Crippen LogP contribution in [0, 0.1) is 6.92 Å². The number of amides is 1. The highest BCUT2D eigenvalue weighted by Gasteiger charge is 2.17. The van der Waals surface area contributed by atoms with Crippen molar-refractivity contribution < 1.29 is 9.90 Å². The number of hydrogen-bond acceptors (Lipinski definition) is 3. The van der Waals surface area contributed by atoms with Crippen LogP contribution in [0.3, 0.4) is 0 Å². The smallest absolute Gasteiger partial charge is 0.236 e. The van der Waals surface area contributed by atoms with E-state index in [-0.39, 0.29) is 5.91 Å². The van der Waals surface area contributed by atoms with Crippen molar-refractivity contribution in [2.75, 3.05) is 19.6 Å². The van der Waals surface area contributed by atoms with E-state index < -0.39 is 0 Å². The molecular formula is C14H20N2O2. The number of carbonyl (C=O) groups excluding carboxylic acids is 1. The molecule has 0 spiro atoms. The number of aromatic hydroxyl groups is 1. The number of rotatable bonds is 4. The zero-order valence-corrected chi connectivity index (χ0v) is 10.8. The molecule has 0 radical (unpaired) electrons. The van der Waals surface area contributed by atoms with Crippen LogP contribution in [0.5, 0.6) is 5.75 Å². The number of likely N-dealkylation sites (tertiary alicyclic amines) is 1. The molecule has 1 amide bonds. The van der Waals surface area contributed by atoms with Gasteiger partial charge in [-0.3, -0.25) is 4.79 Å². The van der Waals surface area contributed by atoms with E-state index in [1.807, 2.05) is 30.0 Å². The topological polar surface area (TPSA) is 52.6 Å². The van der Waals surface area contributed by atoms with Crippen LogP contribution < -0.4 is 5.32 Å². The highest BCUT2D eigenvalue weighted by Crippen LogP contribution is 2.20. The highest BCUT2D eigenvalue weighted by molar-refractivity contribution is 5.78. The quantitative estimate of drug-likeness (QED) is 0.847. The van der Waals surface area contributed by atoms with Crippen LogP contribution in [0.25, 0.3) is 0 Å². The summed E-state index contributed by atoms with van der Waals surface area (Å²) >= 11 is 0. The first kappa shape index (κ1) is 12.9. The largest absolute Gasteiger partial charge is 0.507 e. The van der Waals surface area contributed by atoms with Gasteiger partial charge in [0.25, 0.3) is 0 Å². The maximum absolute atomic E-state index is 11.8. The molecule has 0 unspecified atom stereocenters.